The van der Waals surface area contributed by atoms with E-state index in [9.17, 15) is 8.42 Å². The smallest absolute Gasteiger partial charge is 0.175 e. The van der Waals surface area contributed by atoms with E-state index >= 15 is 0 Å². The maximum atomic E-state index is 11.9. The molecule has 3 heterocycles. The van der Waals surface area contributed by atoms with Crippen molar-refractivity contribution in [3.05, 3.63) is 24.5 Å². The Bertz CT molecular complexity index is 886. The first-order valence-corrected chi connectivity index (χ1v) is 11.2. The van der Waals surface area contributed by atoms with Crippen molar-refractivity contribution in [1.29, 1.82) is 0 Å². The van der Waals surface area contributed by atoms with Crippen LogP contribution < -0.4 is 4.90 Å². The summed E-state index contributed by atoms with van der Waals surface area (Å²) in [5, 5.41) is 0.819. The highest BCUT2D eigenvalue weighted by molar-refractivity contribution is 7.90. The largest absolute Gasteiger partial charge is 0.381 e. The summed E-state index contributed by atoms with van der Waals surface area (Å²) in [4.78, 5) is 11.4. The molecule has 2 fully saturated rings. The van der Waals surface area contributed by atoms with Crippen molar-refractivity contribution in [2.75, 3.05) is 37.5 Å². The molecule has 0 bridgehead atoms. The van der Waals surface area contributed by atoms with E-state index in [0.717, 1.165) is 67.7 Å². The Morgan fingerprint density at radius 2 is 1.73 bits per heavy atom. The monoisotopic (exact) mass is 375 g/mol. The van der Waals surface area contributed by atoms with Crippen molar-refractivity contribution in [3.63, 3.8) is 0 Å². The van der Waals surface area contributed by atoms with E-state index in [1.54, 1.807) is 24.5 Å². The van der Waals surface area contributed by atoms with Gasteiger partial charge in [0.15, 0.2) is 9.84 Å². The third-order valence-electron chi connectivity index (χ3n) is 5.79. The molecule has 7 heteroatoms. The second-order valence-electron chi connectivity index (χ2n) is 7.42. The molecule has 2 aliphatic heterocycles. The maximum absolute atomic E-state index is 11.9. The van der Waals surface area contributed by atoms with E-state index in [2.05, 4.69) is 14.9 Å². The Morgan fingerprint density at radius 1 is 1.04 bits per heavy atom. The summed E-state index contributed by atoms with van der Waals surface area (Å²) < 4.78 is 29.3. The van der Waals surface area contributed by atoms with E-state index in [-0.39, 0.29) is 0 Å². The van der Waals surface area contributed by atoms with Crippen LogP contribution in [-0.4, -0.2) is 50.9 Å². The van der Waals surface area contributed by atoms with Gasteiger partial charge in [0.05, 0.1) is 10.4 Å². The van der Waals surface area contributed by atoms with E-state index in [0.29, 0.717) is 4.90 Å². The second-order valence-corrected chi connectivity index (χ2v) is 9.44. The van der Waals surface area contributed by atoms with Crippen molar-refractivity contribution in [3.8, 4) is 0 Å². The molecule has 0 atom stereocenters. The fourth-order valence-electron chi connectivity index (χ4n) is 4.27. The lowest BCUT2D eigenvalue weighted by molar-refractivity contribution is 0.0418. The number of piperidine rings is 1. The molecule has 4 rings (SSSR count). The number of ether oxygens (including phenoxy) is 1. The predicted octanol–water partition coefficient (Wildman–Crippen LogP) is 2.68. The first kappa shape index (κ1) is 17.7. The lowest BCUT2D eigenvalue weighted by Crippen LogP contribution is -2.38. The molecule has 2 aromatic rings. The molecule has 0 aliphatic carbocycles. The fourth-order valence-corrected chi connectivity index (χ4v) is 4.92. The summed E-state index contributed by atoms with van der Waals surface area (Å²) in [7, 11) is -3.25. The number of nitrogens with zero attached hydrogens (tertiary/aromatic N) is 3. The fraction of sp³-hybridized carbons (Fsp3) is 0.579. The van der Waals surface area contributed by atoms with Crippen LogP contribution in [0.3, 0.4) is 0 Å². The van der Waals surface area contributed by atoms with Gasteiger partial charge in [-0.25, -0.2) is 18.4 Å². The van der Waals surface area contributed by atoms with Crippen LogP contribution in [0.5, 0.6) is 0 Å². The summed E-state index contributed by atoms with van der Waals surface area (Å²) in [6.45, 7) is 3.71. The molecule has 2 aliphatic rings. The lowest BCUT2D eigenvalue weighted by Gasteiger charge is -2.38. The van der Waals surface area contributed by atoms with E-state index in [4.69, 9.17) is 4.74 Å². The minimum absolute atomic E-state index is 0.318. The summed E-state index contributed by atoms with van der Waals surface area (Å²) in [6, 6.07) is 5.10. The van der Waals surface area contributed by atoms with Crippen molar-refractivity contribution < 1.29 is 13.2 Å². The first-order valence-electron chi connectivity index (χ1n) is 9.30. The van der Waals surface area contributed by atoms with Crippen LogP contribution >= 0.6 is 0 Å². The van der Waals surface area contributed by atoms with E-state index in [1.807, 2.05) is 0 Å². The van der Waals surface area contributed by atoms with Gasteiger partial charge >= 0.3 is 0 Å². The Hall–Kier alpha value is -1.73. The molecule has 26 heavy (non-hydrogen) atoms. The summed E-state index contributed by atoms with van der Waals surface area (Å²) >= 11 is 0. The van der Waals surface area contributed by atoms with Crippen LogP contribution in [0.1, 0.15) is 25.7 Å². The first-order chi connectivity index (χ1) is 12.5. The van der Waals surface area contributed by atoms with Crippen LogP contribution in [0.25, 0.3) is 10.9 Å². The molecule has 0 saturated carbocycles. The number of anilines is 1. The third kappa shape index (κ3) is 3.55. The lowest BCUT2D eigenvalue weighted by atomic mass is 9.80. The van der Waals surface area contributed by atoms with Gasteiger partial charge in [0, 0.05) is 37.9 Å². The molecule has 0 spiro atoms. The van der Waals surface area contributed by atoms with Gasteiger partial charge in [-0.05, 0) is 55.7 Å². The van der Waals surface area contributed by atoms with Crippen molar-refractivity contribution in [2.45, 2.75) is 30.6 Å². The zero-order chi connectivity index (χ0) is 18.1. The number of benzene rings is 1. The average molecular weight is 375 g/mol. The topological polar surface area (TPSA) is 72.4 Å². The standard InChI is InChI=1S/C19H25N3O3S/c1-26(23,24)16-2-3-18-17(12-16)19(21-13-20-18)22-8-4-14(5-9-22)15-6-10-25-11-7-15/h2-3,12-15H,4-11H2,1H3. The molecule has 1 aromatic carbocycles. The maximum Gasteiger partial charge on any atom is 0.175 e. The van der Waals surface area contributed by atoms with Gasteiger partial charge in [0.2, 0.25) is 0 Å². The number of hydrogen-bond acceptors (Lipinski definition) is 6. The summed E-state index contributed by atoms with van der Waals surface area (Å²) in [6.07, 6.45) is 7.47. The van der Waals surface area contributed by atoms with Gasteiger partial charge in [0.25, 0.3) is 0 Å². The van der Waals surface area contributed by atoms with Crippen LogP contribution in [-0.2, 0) is 14.6 Å². The Kier molecular flexibility index (Phi) is 4.84. The van der Waals surface area contributed by atoms with Crippen LogP contribution in [0.4, 0.5) is 5.82 Å². The van der Waals surface area contributed by atoms with Crippen molar-refractivity contribution in [1.82, 2.24) is 9.97 Å². The third-order valence-corrected chi connectivity index (χ3v) is 6.90. The molecular weight excluding hydrogens is 350 g/mol. The predicted molar refractivity (Wildman–Crippen MR) is 101 cm³/mol. The highest BCUT2D eigenvalue weighted by Gasteiger charge is 2.29. The summed E-state index contributed by atoms with van der Waals surface area (Å²) in [5.74, 6) is 2.39. The number of aromatic nitrogens is 2. The minimum atomic E-state index is -3.25. The zero-order valence-electron chi connectivity index (χ0n) is 15.1. The van der Waals surface area contributed by atoms with Crippen LogP contribution in [0.2, 0.25) is 0 Å². The van der Waals surface area contributed by atoms with Crippen LogP contribution in [0, 0.1) is 11.8 Å². The second kappa shape index (κ2) is 7.12. The number of hydrogen-bond donors (Lipinski definition) is 0. The van der Waals surface area contributed by atoms with Gasteiger partial charge < -0.3 is 9.64 Å². The van der Waals surface area contributed by atoms with Crippen molar-refractivity contribution in [2.24, 2.45) is 11.8 Å². The molecule has 0 unspecified atom stereocenters. The van der Waals surface area contributed by atoms with Gasteiger partial charge in [-0.2, -0.15) is 0 Å². The molecule has 0 N–H and O–H groups in total. The molecule has 6 nitrogen and oxygen atoms in total. The highest BCUT2D eigenvalue weighted by atomic mass is 32.2. The average Bonchev–Trinajstić information content (AvgIpc) is 2.67. The van der Waals surface area contributed by atoms with Gasteiger partial charge in [-0.3, -0.25) is 0 Å². The molecular formula is C19H25N3O3S. The molecule has 2 saturated heterocycles. The normalized spacial score (nSPS) is 20.6. The summed E-state index contributed by atoms with van der Waals surface area (Å²) in [5.41, 5.74) is 0.786. The number of rotatable bonds is 3. The van der Waals surface area contributed by atoms with Crippen LogP contribution in [0.15, 0.2) is 29.4 Å². The van der Waals surface area contributed by atoms with Gasteiger partial charge in [0.1, 0.15) is 12.1 Å². The minimum Gasteiger partial charge on any atom is -0.381 e. The molecule has 0 amide bonds. The zero-order valence-corrected chi connectivity index (χ0v) is 15.9. The molecule has 0 radical (unpaired) electrons. The Morgan fingerprint density at radius 3 is 2.42 bits per heavy atom. The Balaban J connectivity index is 1.57. The number of fused-ring (bicyclic) bond motifs is 1. The quantitative estimate of drug-likeness (QED) is 0.821. The SMILES string of the molecule is CS(=O)(=O)c1ccc2ncnc(N3CCC(C4CCOCC4)CC3)c2c1. The highest BCUT2D eigenvalue weighted by Crippen LogP contribution is 2.34. The van der Waals surface area contributed by atoms with Crippen molar-refractivity contribution >= 4 is 26.6 Å². The van der Waals surface area contributed by atoms with E-state index < -0.39 is 9.84 Å². The Labute approximate surface area is 154 Å². The van der Waals surface area contributed by atoms with Gasteiger partial charge in [-0.1, -0.05) is 0 Å². The molecule has 1 aromatic heterocycles. The molecule has 140 valence electrons. The van der Waals surface area contributed by atoms with E-state index in [1.165, 1.54) is 19.1 Å². The number of sulfone groups is 1. The van der Waals surface area contributed by atoms with Gasteiger partial charge in [-0.15, -0.1) is 0 Å².